The lowest BCUT2D eigenvalue weighted by Crippen LogP contribution is -2.47. The quantitative estimate of drug-likeness (QED) is 0.332. The van der Waals surface area contributed by atoms with Crippen molar-refractivity contribution >= 4 is 52.1 Å². The number of para-hydroxylation sites is 1. The highest BCUT2D eigenvalue weighted by Gasteiger charge is 2.33. The average molecular weight is 474 g/mol. The molecule has 2 aromatic carbocycles. The van der Waals surface area contributed by atoms with Crippen LogP contribution in [0.4, 0.5) is 0 Å². The second-order valence-electron chi connectivity index (χ2n) is 6.40. The number of benzene rings is 2. The second kappa shape index (κ2) is 10.2. The number of hydrazine groups is 1. The number of thiocarbonyl (C=S) groups is 1. The van der Waals surface area contributed by atoms with E-state index in [9.17, 15) is 19.5 Å². The SMILES string of the molecule is COc1ccc(C=C2SC(=S)N(CC(=O)NNC(=O)c3ccccc3O)C2=O)cc1OC. The van der Waals surface area contributed by atoms with Crippen LogP contribution in [0.15, 0.2) is 47.4 Å². The van der Waals surface area contributed by atoms with Gasteiger partial charge in [-0.05, 0) is 35.9 Å². The van der Waals surface area contributed by atoms with Crippen molar-refractivity contribution in [3.63, 3.8) is 0 Å². The Balaban J connectivity index is 1.63. The summed E-state index contributed by atoms with van der Waals surface area (Å²) < 4.78 is 10.7. The minimum absolute atomic E-state index is 0.00346. The van der Waals surface area contributed by atoms with Crippen LogP contribution >= 0.6 is 24.0 Å². The van der Waals surface area contributed by atoms with Gasteiger partial charge < -0.3 is 14.6 Å². The molecule has 3 N–H and O–H groups in total. The first kappa shape index (κ1) is 23.1. The molecule has 1 aliphatic rings. The highest BCUT2D eigenvalue weighted by molar-refractivity contribution is 8.26. The molecular formula is C21H19N3O6S2. The van der Waals surface area contributed by atoms with Crippen LogP contribution in [0.25, 0.3) is 6.08 Å². The molecule has 0 aromatic heterocycles. The monoisotopic (exact) mass is 473 g/mol. The number of aromatic hydroxyl groups is 1. The van der Waals surface area contributed by atoms with Gasteiger partial charge in [-0.15, -0.1) is 0 Å². The van der Waals surface area contributed by atoms with Gasteiger partial charge in [0.25, 0.3) is 17.7 Å². The lowest BCUT2D eigenvalue weighted by atomic mass is 10.2. The van der Waals surface area contributed by atoms with Crippen LogP contribution in [-0.2, 0) is 9.59 Å². The van der Waals surface area contributed by atoms with Crippen LogP contribution in [0.1, 0.15) is 15.9 Å². The summed E-state index contributed by atoms with van der Waals surface area (Å²) in [7, 11) is 3.04. The second-order valence-corrected chi connectivity index (χ2v) is 8.08. The lowest BCUT2D eigenvalue weighted by Gasteiger charge is -2.14. The van der Waals surface area contributed by atoms with Crippen LogP contribution in [0, 0.1) is 0 Å². The van der Waals surface area contributed by atoms with Gasteiger partial charge in [-0.25, -0.2) is 0 Å². The van der Waals surface area contributed by atoms with Crippen molar-refractivity contribution < 1.29 is 29.0 Å². The molecule has 0 unspecified atom stereocenters. The molecule has 3 amide bonds. The Hall–Kier alpha value is -3.57. The third kappa shape index (κ3) is 5.18. The molecule has 0 radical (unpaired) electrons. The lowest BCUT2D eigenvalue weighted by molar-refractivity contribution is -0.129. The van der Waals surface area contributed by atoms with E-state index in [-0.39, 0.29) is 22.2 Å². The number of nitrogens with zero attached hydrogens (tertiary/aromatic N) is 1. The molecular weight excluding hydrogens is 454 g/mol. The van der Waals surface area contributed by atoms with Gasteiger partial charge in [0.05, 0.1) is 24.7 Å². The van der Waals surface area contributed by atoms with E-state index in [0.717, 1.165) is 16.7 Å². The number of carbonyl (C=O) groups excluding carboxylic acids is 3. The number of carbonyl (C=O) groups is 3. The van der Waals surface area contributed by atoms with E-state index in [1.165, 1.54) is 26.4 Å². The van der Waals surface area contributed by atoms with Gasteiger partial charge in [-0.1, -0.05) is 42.2 Å². The molecule has 1 heterocycles. The predicted octanol–water partition coefficient (Wildman–Crippen LogP) is 2.07. The number of thioether (sulfide) groups is 1. The number of nitrogens with one attached hydrogen (secondary N) is 2. The van der Waals surface area contributed by atoms with Gasteiger partial charge in [0.15, 0.2) is 11.5 Å². The Morgan fingerprint density at radius 1 is 1.12 bits per heavy atom. The average Bonchev–Trinajstić information content (AvgIpc) is 3.04. The fraction of sp³-hybridized carbons (Fsp3) is 0.143. The molecule has 0 atom stereocenters. The summed E-state index contributed by atoms with van der Waals surface area (Å²) >= 11 is 6.29. The first-order valence-corrected chi connectivity index (χ1v) is 10.4. The highest BCUT2D eigenvalue weighted by Crippen LogP contribution is 2.34. The van der Waals surface area contributed by atoms with Crippen LogP contribution in [0.3, 0.4) is 0 Å². The number of hydrogen-bond acceptors (Lipinski definition) is 8. The van der Waals surface area contributed by atoms with E-state index in [1.54, 1.807) is 36.4 Å². The summed E-state index contributed by atoms with van der Waals surface area (Å²) in [5.74, 6) is -0.947. The maximum Gasteiger partial charge on any atom is 0.273 e. The van der Waals surface area contributed by atoms with Gasteiger partial charge in [-0.2, -0.15) is 0 Å². The molecule has 0 spiro atoms. The van der Waals surface area contributed by atoms with Crippen molar-refractivity contribution in [1.29, 1.82) is 0 Å². The van der Waals surface area contributed by atoms with E-state index in [0.29, 0.717) is 22.0 Å². The van der Waals surface area contributed by atoms with Crippen molar-refractivity contribution in [3.05, 3.63) is 58.5 Å². The Bertz CT molecular complexity index is 1120. The molecule has 1 fully saturated rings. The summed E-state index contributed by atoms with van der Waals surface area (Å²) in [5.41, 5.74) is 5.09. The van der Waals surface area contributed by atoms with Crippen LogP contribution in [0.5, 0.6) is 17.2 Å². The van der Waals surface area contributed by atoms with Crippen LogP contribution in [0.2, 0.25) is 0 Å². The number of phenols is 1. The van der Waals surface area contributed by atoms with Crippen molar-refractivity contribution in [3.8, 4) is 17.2 Å². The molecule has 3 rings (SSSR count). The molecule has 0 bridgehead atoms. The van der Waals surface area contributed by atoms with Crippen LogP contribution < -0.4 is 20.3 Å². The number of rotatable bonds is 6. The Morgan fingerprint density at radius 3 is 2.53 bits per heavy atom. The number of ether oxygens (including phenoxy) is 2. The number of phenolic OH excluding ortho intramolecular Hbond substituents is 1. The topological polar surface area (TPSA) is 117 Å². The summed E-state index contributed by atoms with van der Waals surface area (Å²) in [6, 6.07) is 11.1. The van der Waals surface area contributed by atoms with Gasteiger partial charge in [0, 0.05) is 0 Å². The third-order valence-corrected chi connectivity index (χ3v) is 5.72. The Kier molecular flexibility index (Phi) is 7.33. The smallest absolute Gasteiger partial charge is 0.273 e. The summed E-state index contributed by atoms with van der Waals surface area (Å²) in [5, 5.41) is 9.69. The molecule has 11 heteroatoms. The van der Waals surface area contributed by atoms with E-state index in [1.807, 2.05) is 0 Å². The molecule has 0 aliphatic carbocycles. The maximum atomic E-state index is 12.7. The van der Waals surface area contributed by atoms with Crippen molar-refractivity contribution in [1.82, 2.24) is 15.8 Å². The zero-order chi connectivity index (χ0) is 23.3. The maximum absolute atomic E-state index is 12.7. The van der Waals surface area contributed by atoms with Gasteiger partial charge in [0.1, 0.15) is 16.6 Å². The number of amides is 3. The molecule has 32 heavy (non-hydrogen) atoms. The minimum atomic E-state index is -0.699. The van der Waals surface area contributed by atoms with Crippen molar-refractivity contribution in [2.45, 2.75) is 0 Å². The van der Waals surface area contributed by atoms with Gasteiger partial charge in [0.2, 0.25) is 0 Å². The van der Waals surface area contributed by atoms with Crippen molar-refractivity contribution in [2.24, 2.45) is 0 Å². The standard InChI is InChI=1S/C21H19N3O6S2/c1-29-15-8-7-12(9-16(15)30-2)10-17-20(28)24(21(31)32-17)11-18(26)22-23-19(27)13-5-3-4-6-14(13)25/h3-10,25H,11H2,1-2H3,(H,22,26)(H,23,27). The first-order chi connectivity index (χ1) is 15.3. The fourth-order valence-corrected chi connectivity index (χ4v) is 4.03. The summed E-state index contributed by atoms with van der Waals surface area (Å²) in [6.45, 7) is -0.380. The van der Waals surface area contributed by atoms with Crippen molar-refractivity contribution in [2.75, 3.05) is 20.8 Å². The zero-order valence-electron chi connectivity index (χ0n) is 17.1. The molecule has 9 nitrogen and oxygen atoms in total. The Morgan fingerprint density at radius 2 is 1.84 bits per heavy atom. The van der Waals surface area contributed by atoms with Gasteiger partial charge in [-0.3, -0.25) is 30.1 Å². The predicted molar refractivity (Wildman–Crippen MR) is 123 cm³/mol. The molecule has 1 saturated heterocycles. The van der Waals surface area contributed by atoms with Crippen LogP contribution in [-0.4, -0.2) is 52.8 Å². The normalized spacial score (nSPS) is 14.4. The highest BCUT2D eigenvalue weighted by atomic mass is 32.2. The number of hydrogen-bond donors (Lipinski definition) is 3. The third-order valence-electron chi connectivity index (χ3n) is 4.34. The van der Waals surface area contributed by atoms with E-state index < -0.39 is 17.7 Å². The van der Waals surface area contributed by atoms with E-state index in [2.05, 4.69) is 10.9 Å². The minimum Gasteiger partial charge on any atom is -0.507 e. The van der Waals surface area contributed by atoms with E-state index >= 15 is 0 Å². The molecule has 1 aliphatic heterocycles. The molecule has 0 saturated carbocycles. The molecule has 2 aromatic rings. The largest absolute Gasteiger partial charge is 0.507 e. The first-order valence-electron chi connectivity index (χ1n) is 9.18. The van der Waals surface area contributed by atoms with E-state index in [4.69, 9.17) is 21.7 Å². The fourth-order valence-electron chi connectivity index (χ4n) is 2.77. The summed E-state index contributed by atoms with van der Waals surface area (Å²) in [4.78, 5) is 38.5. The number of methoxy groups -OCH3 is 2. The van der Waals surface area contributed by atoms with Gasteiger partial charge >= 0.3 is 0 Å². The zero-order valence-corrected chi connectivity index (χ0v) is 18.7. The Labute approximate surface area is 193 Å². The molecule has 166 valence electrons. The summed E-state index contributed by atoms with van der Waals surface area (Å²) in [6.07, 6.45) is 1.64.